The van der Waals surface area contributed by atoms with E-state index in [9.17, 15) is 4.79 Å². The first kappa shape index (κ1) is 15.0. The Balaban J connectivity index is 1.78. The van der Waals surface area contributed by atoms with Crippen LogP contribution in [0.25, 0.3) is 11.0 Å². The third-order valence-electron chi connectivity index (χ3n) is 3.43. The van der Waals surface area contributed by atoms with Crippen LogP contribution in [0.15, 0.2) is 36.5 Å². The third kappa shape index (κ3) is 3.31. The van der Waals surface area contributed by atoms with E-state index in [4.69, 9.17) is 4.74 Å². The number of amides is 1. The Bertz CT molecular complexity index is 841. The number of pyridine rings is 1. The Hall–Kier alpha value is -2.89. The molecule has 23 heavy (non-hydrogen) atoms. The number of benzene rings is 1. The third-order valence-corrected chi connectivity index (χ3v) is 3.43. The molecule has 3 rings (SSSR count). The molecular formula is C17H18N4O2. The van der Waals surface area contributed by atoms with Crippen molar-refractivity contribution in [2.75, 3.05) is 11.9 Å². The second-order valence-corrected chi connectivity index (χ2v) is 5.27. The fraction of sp³-hybridized carbons (Fsp3) is 0.235. The van der Waals surface area contributed by atoms with Crippen molar-refractivity contribution in [3.8, 4) is 5.75 Å². The lowest BCUT2D eigenvalue weighted by molar-refractivity contribution is 0.102. The van der Waals surface area contributed by atoms with Gasteiger partial charge in [-0.1, -0.05) is 13.0 Å². The number of rotatable bonds is 5. The zero-order valence-corrected chi connectivity index (χ0v) is 13.1. The van der Waals surface area contributed by atoms with Crippen molar-refractivity contribution in [2.45, 2.75) is 20.3 Å². The van der Waals surface area contributed by atoms with E-state index in [0.717, 1.165) is 17.5 Å². The molecule has 3 aromatic rings. The minimum Gasteiger partial charge on any atom is -0.494 e. The molecule has 0 saturated heterocycles. The van der Waals surface area contributed by atoms with Crippen molar-refractivity contribution in [1.82, 2.24) is 15.2 Å². The second kappa shape index (κ2) is 6.48. The van der Waals surface area contributed by atoms with Crippen LogP contribution in [0.4, 0.5) is 5.69 Å². The number of fused-ring (bicyclic) bond motifs is 1. The van der Waals surface area contributed by atoms with Crippen LogP contribution in [-0.4, -0.2) is 27.7 Å². The molecule has 0 unspecified atom stereocenters. The highest BCUT2D eigenvalue weighted by Crippen LogP contribution is 2.19. The van der Waals surface area contributed by atoms with Crippen LogP contribution in [0.5, 0.6) is 5.75 Å². The SMILES string of the molecule is CCCOc1cccc(C(=O)Nc2cnc3n[nH]c(C)c3c2)c1. The van der Waals surface area contributed by atoms with Crippen LogP contribution in [0, 0.1) is 6.92 Å². The van der Waals surface area contributed by atoms with Gasteiger partial charge in [-0.15, -0.1) is 0 Å². The Kier molecular flexibility index (Phi) is 4.23. The molecule has 0 radical (unpaired) electrons. The van der Waals surface area contributed by atoms with E-state index in [0.29, 0.717) is 29.3 Å². The molecular weight excluding hydrogens is 292 g/mol. The number of carbonyl (C=O) groups excluding carboxylic acids is 1. The van der Waals surface area contributed by atoms with Crippen LogP contribution in [0.1, 0.15) is 29.4 Å². The molecule has 0 atom stereocenters. The van der Waals surface area contributed by atoms with Crippen molar-refractivity contribution < 1.29 is 9.53 Å². The molecule has 1 aromatic carbocycles. The van der Waals surface area contributed by atoms with Crippen LogP contribution in [0.3, 0.4) is 0 Å². The summed E-state index contributed by atoms with van der Waals surface area (Å²) in [5.74, 6) is 0.494. The van der Waals surface area contributed by atoms with Gasteiger partial charge in [0, 0.05) is 16.6 Å². The first-order valence-electron chi connectivity index (χ1n) is 7.52. The molecule has 2 heterocycles. The molecule has 0 bridgehead atoms. The number of anilines is 1. The zero-order valence-electron chi connectivity index (χ0n) is 13.1. The molecule has 2 aromatic heterocycles. The predicted octanol–water partition coefficient (Wildman–Crippen LogP) is 3.31. The quantitative estimate of drug-likeness (QED) is 0.757. The van der Waals surface area contributed by atoms with Crippen LogP contribution in [0.2, 0.25) is 0 Å². The van der Waals surface area contributed by atoms with E-state index in [2.05, 4.69) is 20.5 Å². The van der Waals surface area contributed by atoms with Crippen molar-refractivity contribution >= 4 is 22.6 Å². The number of nitrogens with zero attached hydrogens (tertiary/aromatic N) is 2. The summed E-state index contributed by atoms with van der Waals surface area (Å²) in [6.45, 7) is 4.58. The van der Waals surface area contributed by atoms with E-state index in [-0.39, 0.29) is 5.91 Å². The van der Waals surface area contributed by atoms with E-state index >= 15 is 0 Å². The summed E-state index contributed by atoms with van der Waals surface area (Å²) < 4.78 is 5.55. The highest BCUT2D eigenvalue weighted by molar-refractivity contribution is 6.05. The monoisotopic (exact) mass is 310 g/mol. The van der Waals surface area contributed by atoms with Gasteiger partial charge in [-0.05, 0) is 37.6 Å². The van der Waals surface area contributed by atoms with Crippen molar-refractivity contribution in [2.24, 2.45) is 0 Å². The lowest BCUT2D eigenvalue weighted by atomic mass is 10.2. The molecule has 0 fully saturated rings. The number of aryl methyl sites for hydroxylation is 1. The summed E-state index contributed by atoms with van der Waals surface area (Å²) in [5.41, 5.74) is 2.73. The van der Waals surface area contributed by atoms with Gasteiger partial charge in [-0.25, -0.2) is 4.98 Å². The Morgan fingerprint density at radius 2 is 2.22 bits per heavy atom. The van der Waals surface area contributed by atoms with Crippen molar-refractivity contribution in [3.05, 3.63) is 47.8 Å². The number of hydrogen-bond acceptors (Lipinski definition) is 4. The second-order valence-electron chi connectivity index (χ2n) is 5.27. The maximum Gasteiger partial charge on any atom is 0.255 e. The highest BCUT2D eigenvalue weighted by atomic mass is 16.5. The largest absolute Gasteiger partial charge is 0.494 e. The topological polar surface area (TPSA) is 79.9 Å². The Morgan fingerprint density at radius 3 is 3.04 bits per heavy atom. The minimum absolute atomic E-state index is 0.200. The molecule has 118 valence electrons. The van der Waals surface area contributed by atoms with Crippen molar-refractivity contribution in [3.63, 3.8) is 0 Å². The number of nitrogens with one attached hydrogen (secondary N) is 2. The molecule has 2 N–H and O–H groups in total. The number of hydrogen-bond donors (Lipinski definition) is 2. The maximum atomic E-state index is 12.4. The van der Waals surface area contributed by atoms with Gasteiger partial charge in [0.1, 0.15) is 5.75 Å². The van der Waals surface area contributed by atoms with Crippen LogP contribution in [-0.2, 0) is 0 Å². The van der Waals surface area contributed by atoms with E-state index in [1.165, 1.54) is 0 Å². The van der Waals surface area contributed by atoms with Gasteiger partial charge in [-0.3, -0.25) is 9.89 Å². The Morgan fingerprint density at radius 1 is 1.35 bits per heavy atom. The van der Waals surface area contributed by atoms with Gasteiger partial charge < -0.3 is 10.1 Å². The zero-order chi connectivity index (χ0) is 16.2. The summed E-state index contributed by atoms with van der Waals surface area (Å²) in [6.07, 6.45) is 2.52. The average Bonchev–Trinajstić information content (AvgIpc) is 2.94. The minimum atomic E-state index is -0.200. The summed E-state index contributed by atoms with van der Waals surface area (Å²) >= 11 is 0. The molecule has 0 aliphatic heterocycles. The summed E-state index contributed by atoms with van der Waals surface area (Å²) in [6, 6.07) is 9.00. The number of aromatic amines is 1. The molecule has 6 nitrogen and oxygen atoms in total. The van der Waals surface area contributed by atoms with Gasteiger partial charge in [-0.2, -0.15) is 5.10 Å². The molecule has 0 aliphatic carbocycles. The lowest BCUT2D eigenvalue weighted by Gasteiger charge is -2.08. The average molecular weight is 310 g/mol. The fourth-order valence-electron chi connectivity index (χ4n) is 2.24. The van der Waals surface area contributed by atoms with E-state index in [1.807, 2.05) is 32.0 Å². The molecule has 0 spiro atoms. The number of H-pyrrole nitrogens is 1. The fourth-order valence-corrected chi connectivity index (χ4v) is 2.24. The first-order chi connectivity index (χ1) is 11.2. The number of aromatic nitrogens is 3. The van der Waals surface area contributed by atoms with Crippen LogP contribution < -0.4 is 10.1 Å². The number of carbonyl (C=O) groups is 1. The molecule has 0 saturated carbocycles. The van der Waals surface area contributed by atoms with Gasteiger partial charge in [0.05, 0.1) is 18.5 Å². The predicted molar refractivity (Wildman–Crippen MR) is 88.8 cm³/mol. The smallest absolute Gasteiger partial charge is 0.255 e. The molecule has 1 amide bonds. The van der Waals surface area contributed by atoms with Gasteiger partial charge in [0.15, 0.2) is 5.65 Å². The summed E-state index contributed by atoms with van der Waals surface area (Å²) in [5, 5.41) is 10.7. The van der Waals surface area contributed by atoms with Crippen LogP contribution >= 0.6 is 0 Å². The number of ether oxygens (including phenoxy) is 1. The lowest BCUT2D eigenvalue weighted by Crippen LogP contribution is -2.12. The summed E-state index contributed by atoms with van der Waals surface area (Å²) in [7, 11) is 0. The first-order valence-corrected chi connectivity index (χ1v) is 7.52. The summed E-state index contributed by atoms with van der Waals surface area (Å²) in [4.78, 5) is 16.6. The van der Waals surface area contributed by atoms with Gasteiger partial charge in [0.25, 0.3) is 5.91 Å². The van der Waals surface area contributed by atoms with Crippen molar-refractivity contribution in [1.29, 1.82) is 0 Å². The van der Waals surface area contributed by atoms with E-state index < -0.39 is 0 Å². The normalized spacial score (nSPS) is 10.7. The highest BCUT2D eigenvalue weighted by Gasteiger charge is 2.09. The van der Waals surface area contributed by atoms with Gasteiger partial charge in [0.2, 0.25) is 0 Å². The maximum absolute atomic E-state index is 12.4. The van der Waals surface area contributed by atoms with E-state index in [1.54, 1.807) is 18.3 Å². The standard InChI is InChI=1S/C17H18N4O2/c1-3-7-23-14-6-4-5-12(8-14)17(22)19-13-9-15-11(2)20-21-16(15)18-10-13/h4-6,8-10H,3,7H2,1-2H3,(H,19,22)(H,18,20,21). The Labute approximate surface area is 133 Å². The molecule has 6 heteroatoms. The van der Waals surface area contributed by atoms with Gasteiger partial charge >= 0.3 is 0 Å². The molecule has 0 aliphatic rings.